The van der Waals surface area contributed by atoms with E-state index < -0.39 is 17.0 Å². The number of carbonyl (C=O) groups excluding carboxylic acids is 1. The lowest BCUT2D eigenvalue weighted by Crippen LogP contribution is -2.45. The fourth-order valence-corrected chi connectivity index (χ4v) is 5.70. The number of benzene rings is 2. The van der Waals surface area contributed by atoms with Crippen molar-refractivity contribution >= 4 is 28.6 Å². The third kappa shape index (κ3) is 2.96. The molecule has 1 unspecified atom stereocenters. The molecular formula is C26H20N2O4S. The number of fused-ring (bicyclic) bond motifs is 5. The number of ether oxygens (including phenoxy) is 1. The van der Waals surface area contributed by atoms with Crippen molar-refractivity contribution in [3.8, 4) is 11.4 Å². The Morgan fingerprint density at radius 2 is 1.88 bits per heavy atom. The number of hydrogen-bond donors (Lipinski definition) is 1. The van der Waals surface area contributed by atoms with E-state index in [1.807, 2.05) is 60.7 Å². The van der Waals surface area contributed by atoms with Gasteiger partial charge in [-0.15, -0.1) is 0 Å². The molecule has 164 valence electrons. The molecule has 0 saturated heterocycles. The lowest BCUT2D eigenvalue weighted by Gasteiger charge is -2.35. The molecule has 0 bridgehead atoms. The molecule has 2 aliphatic heterocycles. The molecule has 0 aliphatic carbocycles. The van der Waals surface area contributed by atoms with E-state index in [1.165, 1.54) is 11.8 Å². The lowest BCUT2D eigenvalue weighted by molar-refractivity contribution is -0.172. The number of cyclic esters (lactones) is 1. The van der Waals surface area contributed by atoms with Crippen LogP contribution in [0.15, 0.2) is 76.4 Å². The average Bonchev–Trinajstić information content (AvgIpc) is 3.19. The summed E-state index contributed by atoms with van der Waals surface area (Å²) in [7, 11) is 0. The number of nitrogens with zero attached hydrogens (tertiary/aromatic N) is 2. The Kier molecular flexibility index (Phi) is 4.47. The lowest BCUT2D eigenvalue weighted by atomic mass is 9.86. The fourth-order valence-electron chi connectivity index (χ4n) is 4.66. The van der Waals surface area contributed by atoms with Crippen LogP contribution in [0.2, 0.25) is 0 Å². The van der Waals surface area contributed by atoms with E-state index in [0.717, 1.165) is 21.4 Å². The minimum absolute atomic E-state index is 0.0997. The molecule has 2 aromatic carbocycles. The van der Waals surface area contributed by atoms with Crippen LogP contribution in [-0.4, -0.2) is 20.6 Å². The first kappa shape index (κ1) is 20.2. The third-order valence-corrected chi connectivity index (χ3v) is 7.53. The summed E-state index contributed by atoms with van der Waals surface area (Å²) in [5, 5.41) is 12.3. The number of hydrogen-bond acceptors (Lipinski definition) is 6. The summed E-state index contributed by atoms with van der Waals surface area (Å²) in [5.41, 5.74) is 0.730. The number of carbonyl (C=O) groups is 1. The van der Waals surface area contributed by atoms with Crippen molar-refractivity contribution in [1.29, 1.82) is 0 Å². The first-order valence-electron chi connectivity index (χ1n) is 10.8. The molecule has 0 spiro atoms. The summed E-state index contributed by atoms with van der Waals surface area (Å²) >= 11 is 1.28. The number of pyridine rings is 2. The molecule has 0 amide bonds. The summed E-state index contributed by atoms with van der Waals surface area (Å²) in [4.78, 5) is 32.4. The SMILES string of the molecule is CC[C@@]1(O)C(=O)OC(Sc2ccccc2)c2c1cc1n(c2=O)Cc2cc3ccccc3nc2-1. The van der Waals surface area contributed by atoms with Gasteiger partial charge in [0.15, 0.2) is 11.0 Å². The van der Waals surface area contributed by atoms with Gasteiger partial charge in [-0.3, -0.25) is 4.79 Å². The Balaban J connectivity index is 1.57. The fraction of sp³-hybridized carbons (Fsp3) is 0.192. The molecule has 7 heteroatoms. The Labute approximate surface area is 193 Å². The second-order valence-electron chi connectivity index (χ2n) is 8.32. The van der Waals surface area contributed by atoms with Crippen molar-refractivity contribution in [1.82, 2.24) is 9.55 Å². The molecule has 4 heterocycles. The quantitative estimate of drug-likeness (QED) is 0.406. The molecule has 2 atom stereocenters. The van der Waals surface area contributed by atoms with Gasteiger partial charge in [0, 0.05) is 21.4 Å². The summed E-state index contributed by atoms with van der Waals surface area (Å²) in [6.45, 7) is 2.09. The highest BCUT2D eigenvalue weighted by molar-refractivity contribution is 7.99. The number of aliphatic hydroxyl groups is 1. The zero-order valence-electron chi connectivity index (χ0n) is 17.8. The minimum Gasteiger partial charge on any atom is -0.443 e. The van der Waals surface area contributed by atoms with Gasteiger partial charge >= 0.3 is 5.97 Å². The van der Waals surface area contributed by atoms with Crippen LogP contribution in [0.1, 0.15) is 35.5 Å². The van der Waals surface area contributed by atoms with Crippen molar-refractivity contribution in [2.24, 2.45) is 0 Å². The Bertz CT molecular complexity index is 1500. The van der Waals surface area contributed by atoms with Crippen molar-refractivity contribution in [2.75, 3.05) is 0 Å². The first-order valence-corrected chi connectivity index (χ1v) is 11.7. The topological polar surface area (TPSA) is 81.4 Å². The van der Waals surface area contributed by atoms with Gasteiger partial charge in [-0.05, 0) is 36.8 Å². The number of thioether (sulfide) groups is 1. The van der Waals surface area contributed by atoms with Crippen LogP contribution in [0.3, 0.4) is 0 Å². The first-order chi connectivity index (χ1) is 16.0. The highest BCUT2D eigenvalue weighted by Crippen LogP contribution is 2.47. The van der Waals surface area contributed by atoms with Crippen LogP contribution in [0.4, 0.5) is 0 Å². The third-order valence-electron chi connectivity index (χ3n) is 6.44. The maximum Gasteiger partial charge on any atom is 0.344 e. The zero-order chi connectivity index (χ0) is 22.7. The van der Waals surface area contributed by atoms with Crippen molar-refractivity contribution < 1.29 is 14.6 Å². The molecule has 0 radical (unpaired) electrons. The molecular weight excluding hydrogens is 436 g/mol. The Morgan fingerprint density at radius 1 is 1.12 bits per heavy atom. The van der Waals surface area contributed by atoms with Gasteiger partial charge in [-0.1, -0.05) is 55.1 Å². The van der Waals surface area contributed by atoms with Crippen molar-refractivity contribution in [3.63, 3.8) is 0 Å². The minimum atomic E-state index is -1.88. The molecule has 0 fully saturated rings. The number of para-hydroxylation sites is 1. The van der Waals surface area contributed by atoms with Gasteiger partial charge in [-0.2, -0.15) is 0 Å². The molecule has 2 aliphatic rings. The number of aromatic nitrogens is 2. The zero-order valence-corrected chi connectivity index (χ0v) is 18.6. The van der Waals surface area contributed by atoms with Crippen LogP contribution in [0, 0.1) is 0 Å². The summed E-state index contributed by atoms with van der Waals surface area (Å²) in [5.74, 6) is -0.736. The van der Waals surface area contributed by atoms with Crippen molar-refractivity contribution in [3.05, 3.63) is 93.8 Å². The molecule has 6 nitrogen and oxygen atoms in total. The van der Waals surface area contributed by atoms with E-state index >= 15 is 0 Å². The highest BCUT2D eigenvalue weighted by atomic mass is 32.2. The van der Waals surface area contributed by atoms with Gasteiger partial charge in [0.25, 0.3) is 5.56 Å². The Morgan fingerprint density at radius 3 is 2.67 bits per heavy atom. The molecule has 6 rings (SSSR count). The van der Waals surface area contributed by atoms with Gasteiger partial charge in [0.1, 0.15) is 0 Å². The number of rotatable bonds is 3. The van der Waals surface area contributed by atoms with Crippen LogP contribution in [0.25, 0.3) is 22.3 Å². The van der Waals surface area contributed by atoms with Gasteiger partial charge in [0.2, 0.25) is 0 Å². The second kappa shape index (κ2) is 7.30. The summed E-state index contributed by atoms with van der Waals surface area (Å²) < 4.78 is 7.32. The van der Waals surface area contributed by atoms with Crippen LogP contribution < -0.4 is 5.56 Å². The van der Waals surface area contributed by atoms with E-state index in [0.29, 0.717) is 29.1 Å². The van der Waals surface area contributed by atoms with Crippen LogP contribution in [-0.2, 0) is 21.7 Å². The largest absolute Gasteiger partial charge is 0.443 e. The molecule has 0 saturated carbocycles. The van der Waals surface area contributed by atoms with Crippen molar-refractivity contribution in [2.45, 2.75) is 35.8 Å². The predicted molar refractivity (Wildman–Crippen MR) is 126 cm³/mol. The predicted octanol–water partition coefficient (Wildman–Crippen LogP) is 4.37. The molecule has 2 aromatic heterocycles. The monoisotopic (exact) mass is 456 g/mol. The van der Waals surface area contributed by atoms with E-state index in [1.54, 1.807) is 17.6 Å². The molecule has 33 heavy (non-hydrogen) atoms. The smallest absolute Gasteiger partial charge is 0.344 e. The number of esters is 1. The summed E-state index contributed by atoms with van der Waals surface area (Å²) in [6, 6.07) is 21.1. The van der Waals surface area contributed by atoms with Crippen LogP contribution in [0.5, 0.6) is 0 Å². The summed E-state index contributed by atoms with van der Waals surface area (Å²) in [6.07, 6.45) is 0.0997. The Hall–Kier alpha value is -3.42. The van der Waals surface area contributed by atoms with Gasteiger partial charge in [0.05, 0.1) is 29.0 Å². The van der Waals surface area contributed by atoms with E-state index in [9.17, 15) is 14.7 Å². The van der Waals surface area contributed by atoms with E-state index in [2.05, 4.69) is 0 Å². The van der Waals surface area contributed by atoms with E-state index in [4.69, 9.17) is 9.72 Å². The average molecular weight is 457 g/mol. The maximum absolute atomic E-state index is 13.8. The molecule has 4 aromatic rings. The van der Waals surface area contributed by atoms with E-state index in [-0.39, 0.29) is 12.0 Å². The van der Waals surface area contributed by atoms with Gasteiger partial charge in [-0.25, -0.2) is 9.78 Å². The van der Waals surface area contributed by atoms with Gasteiger partial charge < -0.3 is 14.4 Å². The second-order valence-corrected chi connectivity index (χ2v) is 9.45. The molecule has 1 N–H and O–H groups in total. The highest BCUT2D eigenvalue weighted by Gasteiger charge is 2.49. The van der Waals surface area contributed by atoms with Crippen LogP contribution >= 0.6 is 11.8 Å². The standard InChI is InChI=1S/C26H20N2O4S/c1-2-26(31)18-13-20-22-16(12-15-8-6-7-11-19(15)27-22)14-28(20)23(29)21(18)24(32-25(26)30)33-17-9-4-3-5-10-17/h3-13,24,31H,2,14H2,1H3/t24?,26-/m0/s1. The maximum atomic E-state index is 13.8. The normalized spacial score (nSPS) is 20.8.